The Morgan fingerprint density at radius 2 is 1.95 bits per heavy atom. The fraction of sp³-hybridized carbons (Fsp3) is 0.625. The van der Waals surface area contributed by atoms with Crippen molar-refractivity contribution in [3.05, 3.63) is 34.4 Å². The zero-order valence-electron chi connectivity index (χ0n) is 12.6. The molecule has 3 heteroatoms. The minimum atomic E-state index is 0.319. The Morgan fingerprint density at radius 3 is 2.53 bits per heavy atom. The van der Waals surface area contributed by atoms with Crippen molar-refractivity contribution in [2.24, 2.45) is 5.73 Å². The molecule has 1 heterocycles. The van der Waals surface area contributed by atoms with E-state index in [9.17, 15) is 0 Å². The van der Waals surface area contributed by atoms with Crippen LogP contribution < -0.4 is 5.73 Å². The molecule has 0 spiro atoms. The van der Waals surface area contributed by atoms with E-state index in [0.29, 0.717) is 18.7 Å². The summed E-state index contributed by atoms with van der Waals surface area (Å²) in [6.07, 6.45) is 1.47. The van der Waals surface area contributed by atoms with Gasteiger partial charge in [0.05, 0.1) is 6.10 Å². The number of aryl methyl sites for hydroxylation is 3. The summed E-state index contributed by atoms with van der Waals surface area (Å²) < 4.78 is 5.46. The van der Waals surface area contributed by atoms with Crippen LogP contribution in [0, 0.1) is 20.8 Å². The molecule has 0 saturated carbocycles. The molecule has 0 amide bonds. The van der Waals surface area contributed by atoms with Crippen molar-refractivity contribution in [3.8, 4) is 0 Å². The van der Waals surface area contributed by atoms with Gasteiger partial charge >= 0.3 is 0 Å². The third-order valence-electron chi connectivity index (χ3n) is 4.42. The SMILES string of the molecule is COC1CCN(C(CN)c2cc(C)c(C)cc2C)C1. The van der Waals surface area contributed by atoms with Gasteiger partial charge in [-0.2, -0.15) is 0 Å². The van der Waals surface area contributed by atoms with Crippen LogP contribution >= 0.6 is 0 Å². The molecule has 0 radical (unpaired) electrons. The van der Waals surface area contributed by atoms with Crippen molar-refractivity contribution in [1.82, 2.24) is 4.90 Å². The second kappa shape index (κ2) is 6.04. The molecule has 2 rings (SSSR count). The van der Waals surface area contributed by atoms with Crippen LogP contribution in [0.15, 0.2) is 12.1 Å². The van der Waals surface area contributed by atoms with E-state index in [4.69, 9.17) is 10.5 Å². The molecule has 106 valence electrons. The molecule has 1 aromatic carbocycles. The van der Waals surface area contributed by atoms with Crippen LogP contribution in [-0.4, -0.2) is 37.7 Å². The average Bonchev–Trinajstić information content (AvgIpc) is 2.85. The lowest BCUT2D eigenvalue weighted by molar-refractivity contribution is 0.101. The maximum atomic E-state index is 6.05. The second-order valence-electron chi connectivity index (χ2n) is 5.69. The van der Waals surface area contributed by atoms with E-state index in [1.54, 1.807) is 7.11 Å². The fourth-order valence-corrected chi connectivity index (χ4v) is 3.04. The van der Waals surface area contributed by atoms with Crippen molar-refractivity contribution in [2.45, 2.75) is 39.3 Å². The maximum absolute atomic E-state index is 6.05. The Hall–Kier alpha value is -0.900. The summed E-state index contributed by atoms with van der Waals surface area (Å²) in [5.41, 5.74) is 11.5. The van der Waals surface area contributed by atoms with E-state index in [2.05, 4.69) is 37.8 Å². The van der Waals surface area contributed by atoms with Crippen molar-refractivity contribution < 1.29 is 4.74 Å². The highest BCUT2D eigenvalue weighted by molar-refractivity contribution is 5.38. The van der Waals surface area contributed by atoms with Crippen LogP contribution in [0.4, 0.5) is 0 Å². The number of rotatable bonds is 4. The molecule has 1 aromatic rings. The lowest BCUT2D eigenvalue weighted by Gasteiger charge is -2.29. The second-order valence-corrected chi connectivity index (χ2v) is 5.69. The molecular formula is C16H26N2O. The number of ether oxygens (including phenoxy) is 1. The average molecular weight is 262 g/mol. The molecule has 2 N–H and O–H groups in total. The monoisotopic (exact) mass is 262 g/mol. The van der Waals surface area contributed by atoms with Gasteiger partial charge in [0.2, 0.25) is 0 Å². The lowest BCUT2D eigenvalue weighted by atomic mass is 9.95. The van der Waals surface area contributed by atoms with Gasteiger partial charge in [0.15, 0.2) is 0 Å². The maximum Gasteiger partial charge on any atom is 0.0710 e. The molecular weight excluding hydrogens is 236 g/mol. The standard InChI is InChI=1S/C16H26N2O/c1-11-7-13(3)15(8-12(11)2)16(9-17)18-6-5-14(10-18)19-4/h7-8,14,16H,5-6,9-10,17H2,1-4H3. The molecule has 1 saturated heterocycles. The van der Waals surface area contributed by atoms with Crippen LogP contribution in [0.5, 0.6) is 0 Å². The van der Waals surface area contributed by atoms with Gasteiger partial charge in [-0.1, -0.05) is 12.1 Å². The summed E-state index contributed by atoms with van der Waals surface area (Å²) in [6, 6.07) is 4.90. The van der Waals surface area contributed by atoms with Crippen molar-refractivity contribution in [2.75, 3.05) is 26.7 Å². The van der Waals surface area contributed by atoms with Crippen LogP contribution in [-0.2, 0) is 4.74 Å². The molecule has 0 aromatic heterocycles. The number of nitrogens with two attached hydrogens (primary N) is 1. The number of hydrogen-bond donors (Lipinski definition) is 1. The van der Waals surface area contributed by atoms with Crippen LogP contribution in [0.1, 0.15) is 34.7 Å². The lowest BCUT2D eigenvalue weighted by Crippen LogP contribution is -2.33. The first-order valence-corrected chi connectivity index (χ1v) is 7.11. The Bertz CT molecular complexity index is 445. The Morgan fingerprint density at radius 1 is 1.26 bits per heavy atom. The normalized spacial score (nSPS) is 21.8. The van der Waals surface area contributed by atoms with Crippen molar-refractivity contribution in [1.29, 1.82) is 0 Å². The third kappa shape index (κ3) is 2.99. The topological polar surface area (TPSA) is 38.5 Å². The summed E-state index contributed by atoms with van der Waals surface area (Å²) in [5, 5.41) is 0. The Balaban J connectivity index is 2.25. The molecule has 2 atom stereocenters. The van der Waals surface area contributed by atoms with Crippen LogP contribution in [0.2, 0.25) is 0 Å². The minimum absolute atomic E-state index is 0.319. The van der Waals surface area contributed by atoms with Gasteiger partial charge in [-0.3, -0.25) is 4.90 Å². The molecule has 1 aliphatic heterocycles. The number of benzene rings is 1. The van der Waals surface area contributed by atoms with E-state index in [0.717, 1.165) is 19.5 Å². The van der Waals surface area contributed by atoms with Crippen LogP contribution in [0.3, 0.4) is 0 Å². The number of methoxy groups -OCH3 is 1. The first-order valence-electron chi connectivity index (χ1n) is 7.11. The first kappa shape index (κ1) is 14.5. The molecule has 1 fully saturated rings. The van der Waals surface area contributed by atoms with Gasteiger partial charge in [0.1, 0.15) is 0 Å². The highest BCUT2D eigenvalue weighted by atomic mass is 16.5. The molecule has 1 aliphatic rings. The molecule has 2 unspecified atom stereocenters. The summed E-state index contributed by atoms with van der Waals surface area (Å²) in [6.45, 7) is 9.26. The van der Waals surface area contributed by atoms with Crippen molar-refractivity contribution in [3.63, 3.8) is 0 Å². The van der Waals surface area contributed by atoms with Gasteiger partial charge in [0, 0.05) is 32.8 Å². The number of likely N-dealkylation sites (tertiary alicyclic amines) is 1. The zero-order valence-corrected chi connectivity index (χ0v) is 12.6. The smallest absolute Gasteiger partial charge is 0.0710 e. The van der Waals surface area contributed by atoms with Gasteiger partial charge in [0.25, 0.3) is 0 Å². The minimum Gasteiger partial charge on any atom is -0.380 e. The number of nitrogens with zero attached hydrogens (tertiary/aromatic N) is 1. The highest BCUT2D eigenvalue weighted by Crippen LogP contribution is 2.29. The van der Waals surface area contributed by atoms with Crippen LogP contribution in [0.25, 0.3) is 0 Å². The van der Waals surface area contributed by atoms with E-state index in [-0.39, 0.29) is 0 Å². The molecule has 19 heavy (non-hydrogen) atoms. The van der Waals surface area contributed by atoms with Gasteiger partial charge in [-0.15, -0.1) is 0 Å². The summed E-state index contributed by atoms with van der Waals surface area (Å²) >= 11 is 0. The summed E-state index contributed by atoms with van der Waals surface area (Å²) in [4.78, 5) is 2.46. The zero-order chi connectivity index (χ0) is 14.0. The van der Waals surface area contributed by atoms with E-state index >= 15 is 0 Å². The number of hydrogen-bond acceptors (Lipinski definition) is 3. The van der Waals surface area contributed by atoms with E-state index in [1.807, 2.05) is 0 Å². The van der Waals surface area contributed by atoms with Gasteiger partial charge in [-0.25, -0.2) is 0 Å². The quantitative estimate of drug-likeness (QED) is 0.905. The van der Waals surface area contributed by atoms with Crippen molar-refractivity contribution >= 4 is 0 Å². The predicted octanol–water partition coefficient (Wildman–Crippen LogP) is 2.33. The summed E-state index contributed by atoms with van der Waals surface area (Å²) in [5.74, 6) is 0. The molecule has 0 aliphatic carbocycles. The third-order valence-corrected chi connectivity index (χ3v) is 4.42. The van der Waals surface area contributed by atoms with E-state index < -0.39 is 0 Å². The Labute approximate surface area is 116 Å². The molecule has 3 nitrogen and oxygen atoms in total. The van der Waals surface area contributed by atoms with Gasteiger partial charge < -0.3 is 10.5 Å². The van der Waals surface area contributed by atoms with E-state index in [1.165, 1.54) is 22.3 Å². The highest BCUT2D eigenvalue weighted by Gasteiger charge is 2.29. The first-order chi connectivity index (χ1) is 9.06. The fourth-order valence-electron chi connectivity index (χ4n) is 3.04. The Kier molecular flexibility index (Phi) is 4.61. The largest absolute Gasteiger partial charge is 0.380 e. The summed E-state index contributed by atoms with van der Waals surface area (Å²) in [7, 11) is 1.80. The molecule has 0 bridgehead atoms. The predicted molar refractivity (Wildman–Crippen MR) is 79.4 cm³/mol. The van der Waals surface area contributed by atoms with Gasteiger partial charge in [-0.05, 0) is 49.4 Å².